The van der Waals surface area contributed by atoms with Crippen LogP contribution in [0.5, 0.6) is 17.2 Å². The molecule has 0 aliphatic carbocycles. The normalized spacial score (nSPS) is 10.6. The maximum absolute atomic E-state index is 14.0. The molecule has 0 aliphatic heterocycles. The van der Waals surface area contributed by atoms with Gasteiger partial charge in [0.15, 0.2) is 17.2 Å². The Labute approximate surface area is 202 Å². The van der Waals surface area contributed by atoms with Crippen LogP contribution in [0.3, 0.4) is 0 Å². The molecule has 10 nitrogen and oxygen atoms in total. The lowest BCUT2D eigenvalue weighted by molar-refractivity contribution is -0.115. The average Bonchev–Trinajstić information content (AvgIpc) is 2.77. The number of nitrogens with one attached hydrogen (secondary N) is 3. The minimum atomic E-state index is -4.55. The number of phosphoric ester groups is 1. The van der Waals surface area contributed by atoms with Gasteiger partial charge in [0.1, 0.15) is 0 Å². The van der Waals surface area contributed by atoms with Crippen molar-refractivity contribution in [1.82, 2.24) is 0 Å². The van der Waals surface area contributed by atoms with Gasteiger partial charge in [-0.25, -0.2) is 0 Å². The lowest BCUT2D eigenvalue weighted by Crippen LogP contribution is -2.14. The summed E-state index contributed by atoms with van der Waals surface area (Å²) in [6.07, 6.45) is 0. The van der Waals surface area contributed by atoms with Crippen molar-refractivity contribution in [2.24, 2.45) is 0 Å². The molecule has 0 heterocycles. The molecule has 3 aromatic carbocycles. The van der Waals surface area contributed by atoms with Crippen LogP contribution in [-0.4, -0.2) is 17.7 Å². The molecule has 3 amide bonds. The Morgan fingerprint density at radius 3 is 1.06 bits per heavy atom. The monoisotopic (exact) mass is 497 g/mol. The number of hydrogen-bond acceptors (Lipinski definition) is 7. The number of rotatable bonds is 9. The number of hydrogen-bond donors (Lipinski definition) is 3. The molecule has 0 atom stereocenters. The zero-order chi connectivity index (χ0) is 25.4. The van der Waals surface area contributed by atoms with Crippen LogP contribution in [-0.2, 0) is 18.9 Å². The molecule has 3 N–H and O–H groups in total. The first-order valence-corrected chi connectivity index (χ1v) is 11.9. The largest absolute Gasteiger partial charge is 0.647 e. The summed E-state index contributed by atoms with van der Waals surface area (Å²) in [7, 11) is -4.55. The Balaban J connectivity index is 2.05. The van der Waals surface area contributed by atoms with Gasteiger partial charge in [0, 0.05) is 20.8 Å². The van der Waals surface area contributed by atoms with Crippen molar-refractivity contribution >= 4 is 42.6 Å². The number of benzene rings is 3. The van der Waals surface area contributed by atoms with E-state index in [0.29, 0.717) is 0 Å². The fraction of sp³-hybridized carbons (Fsp3) is 0.125. The number of amides is 3. The maximum Gasteiger partial charge on any atom is 0.647 e. The quantitative estimate of drug-likeness (QED) is 0.346. The van der Waals surface area contributed by atoms with Crippen LogP contribution in [0.15, 0.2) is 72.8 Å². The van der Waals surface area contributed by atoms with Gasteiger partial charge < -0.3 is 29.5 Å². The molecule has 0 aliphatic rings. The summed E-state index contributed by atoms with van der Waals surface area (Å²) in [5.41, 5.74) is 0.702. The minimum absolute atomic E-state index is 0.0139. The summed E-state index contributed by atoms with van der Waals surface area (Å²) in [4.78, 5) is 34.9. The molecule has 0 saturated carbocycles. The lowest BCUT2D eigenvalue weighted by Gasteiger charge is -2.23. The first-order chi connectivity index (χ1) is 16.6. The maximum atomic E-state index is 14.0. The second kappa shape index (κ2) is 11.2. The van der Waals surface area contributed by atoms with Crippen LogP contribution in [0.4, 0.5) is 17.1 Å². The molecule has 11 heteroatoms. The summed E-state index contributed by atoms with van der Waals surface area (Å²) >= 11 is 0. The van der Waals surface area contributed by atoms with E-state index >= 15 is 0 Å². The second-order valence-corrected chi connectivity index (χ2v) is 8.70. The average molecular weight is 497 g/mol. The number of phosphoric acid groups is 1. The zero-order valence-corrected chi connectivity index (χ0v) is 20.1. The first kappa shape index (κ1) is 25.3. The van der Waals surface area contributed by atoms with E-state index in [4.69, 9.17) is 13.6 Å². The molecule has 0 bridgehead atoms. The van der Waals surface area contributed by atoms with E-state index in [-0.39, 0.29) is 52.0 Å². The number of para-hydroxylation sites is 6. The van der Waals surface area contributed by atoms with E-state index < -0.39 is 7.82 Å². The standard InChI is InChI=1S/C24H24N3O7P/c1-16(28)25-19-10-4-7-13-22(19)32-35(31,33-23-14-8-5-11-20(23)26-17(2)29)34-24-15-9-6-12-21(24)27-18(3)30/h4-15H,1-3H3,(H,25,28)(H,26,29)(H,27,30). The van der Waals surface area contributed by atoms with Gasteiger partial charge in [0.2, 0.25) is 17.7 Å². The molecule has 3 rings (SSSR count). The highest BCUT2D eigenvalue weighted by molar-refractivity contribution is 7.49. The summed E-state index contributed by atoms with van der Waals surface area (Å²) in [6.45, 7) is 3.95. The van der Waals surface area contributed by atoms with Crippen LogP contribution < -0.4 is 29.5 Å². The molecule has 0 aromatic heterocycles. The predicted octanol–water partition coefficient (Wildman–Crippen LogP) is 5.21. The van der Waals surface area contributed by atoms with Gasteiger partial charge in [-0.2, -0.15) is 4.57 Å². The van der Waals surface area contributed by atoms with Crippen LogP contribution in [0, 0.1) is 0 Å². The molecule has 182 valence electrons. The van der Waals surface area contributed by atoms with Crippen molar-refractivity contribution in [2.45, 2.75) is 20.8 Å². The van der Waals surface area contributed by atoms with Gasteiger partial charge in [-0.1, -0.05) is 36.4 Å². The third-order valence-electron chi connectivity index (χ3n) is 4.22. The van der Waals surface area contributed by atoms with Crippen molar-refractivity contribution in [2.75, 3.05) is 16.0 Å². The van der Waals surface area contributed by atoms with Crippen molar-refractivity contribution in [1.29, 1.82) is 0 Å². The Hall–Kier alpha value is -4.30. The Bertz CT molecular complexity index is 1140. The SMILES string of the molecule is CC(=O)Nc1ccccc1OP(=O)(Oc1ccccc1NC(C)=O)Oc1ccccc1NC(C)=O. The van der Waals surface area contributed by atoms with Gasteiger partial charge in [0.25, 0.3) is 0 Å². The van der Waals surface area contributed by atoms with Crippen LogP contribution in [0.2, 0.25) is 0 Å². The molecule has 0 spiro atoms. The summed E-state index contributed by atoms with van der Waals surface area (Å²) < 4.78 is 31.2. The van der Waals surface area contributed by atoms with Crippen LogP contribution >= 0.6 is 7.82 Å². The highest BCUT2D eigenvalue weighted by atomic mass is 31.2. The van der Waals surface area contributed by atoms with E-state index in [2.05, 4.69) is 16.0 Å². The molecule has 0 saturated heterocycles. The van der Waals surface area contributed by atoms with E-state index in [1.54, 1.807) is 54.6 Å². The van der Waals surface area contributed by atoms with E-state index in [0.717, 1.165) is 0 Å². The van der Waals surface area contributed by atoms with E-state index in [1.165, 1.54) is 39.0 Å². The zero-order valence-electron chi connectivity index (χ0n) is 19.2. The van der Waals surface area contributed by atoms with Gasteiger partial charge in [-0.15, -0.1) is 0 Å². The number of anilines is 3. The molecule has 3 aromatic rings. The van der Waals surface area contributed by atoms with Crippen LogP contribution in [0.25, 0.3) is 0 Å². The molecule has 0 radical (unpaired) electrons. The van der Waals surface area contributed by atoms with Crippen molar-refractivity contribution in [3.8, 4) is 17.2 Å². The van der Waals surface area contributed by atoms with Crippen molar-refractivity contribution in [3.05, 3.63) is 72.8 Å². The second-order valence-electron chi connectivity index (χ2n) is 7.25. The molecular formula is C24H24N3O7P. The fourth-order valence-electron chi connectivity index (χ4n) is 2.93. The Morgan fingerprint density at radius 1 is 0.543 bits per heavy atom. The third kappa shape index (κ3) is 7.35. The third-order valence-corrected chi connectivity index (χ3v) is 5.48. The number of carbonyl (C=O) groups excluding carboxylic acids is 3. The molecule has 0 unspecified atom stereocenters. The smallest absolute Gasteiger partial charge is 0.384 e. The molecule has 0 fully saturated rings. The first-order valence-electron chi connectivity index (χ1n) is 10.4. The Kier molecular flexibility index (Phi) is 8.12. The summed E-state index contributed by atoms with van der Waals surface area (Å²) in [5, 5.41) is 7.77. The number of carbonyl (C=O) groups is 3. The van der Waals surface area contributed by atoms with E-state index in [9.17, 15) is 18.9 Å². The Morgan fingerprint density at radius 2 is 0.800 bits per heavy atom. The van der Waals surface area contributed by atoms with Gasteiger partial charge in [-0.05, 0) is 36.4 Å². The van der Waals surface area contributed by atoms with E-state index in [1.807, 2.05) is 0 Å². The van der Waals surface area contributed by atoms with Gasteiger partial charge >= 0.3 is 7.82 Å². The van der Waals surface area contributed by atoms with Crippen LogP contribution in [0.1, 0.15) is 20.8 Å². The lowest BCUT2D eigenvalue weighted by atomic mass is 10.3. The van der Waals surface area contributed by atoms with Gasteiger partial charge in [0.05, 0.1) is 17.1 Å². The highest BCUT2D eigenvalue weighted by Crippen LogP contribution is 2.53. The minimum Gasteiger partial charge on any atom is -0.384 e. The van der Waals surface area contributed by atoms with Crippen molar-refractivity contribution < 1.29 is 32.5 Å². The summed E-state index contributed by atoms with van der Waals surface area (Å²) in [5.74, 6) is -1.07. The van der Waals surface area contributed by atoms with Gasteiger partial charge in [-0.3, -0.25) is 14.4 Å². The fourth-order valence-corrected chi connectivity index (χ4v) is 4.25. The summed E-state index contributed by atoms with van der Waals surface area (Å²) in [6, 6.07) is 18.9. The highest BCUT2D eigenvalue weighted by Gasteiger charge is 2.36. The molecule has 35 heavy (non-hydrogen) atoms. The van der Waals surface area contributed by atoms with Crippen molar-refractivity contribution in [3.63, 3.8) is 0 Å². The predicted molar refractivity (Wildman–Crippen MR) is 132 cm³/mol. The topological polar surface area (TPSA) is 132 Å². The molecular weight excluding hydrogens is 473 g/mol.